The van der Waals surface area contributed by atoms with Crippen LogP contribution in [0.2, 0.25) is 0 Å². The monoisotopic (exact) mass is 516 g/mol. The second-order valence-electron chi connectivity index (χ2n) is 8.20. The third-order valence-electron chi connectivity index (χ3n) is 5.83. The summed E-state index contributed by atoms with van der Waals surface area (Å²) in [6.45, 7) is 2.00. The summed E-state index contributed by atoms with van der Waals surface area (Å²) in [5.41, 5.74) is 1.10. The summed E-state index contributed by atoms with van der Waals surface area (Å²) in [4.78, 5) is 12.1. The molecule has 0 bridgehead atoms. The Morgan fingerprint density at radius 3 is 2.14 bits per heavy atom. The van der Waals surface area contributed by atoms with Gasteiger partial charge in [0.05, 0.1) is 25.0 Å². The molecule has 0 aliphatic rings. The molecule has 2 unspecified atom stereocenters. The quantitative estimate of drug-likeness (QED) is 0.342. The fourth-order valence-electron chi connectivity index (χ4n) is 3.98. The Kier molecular flexibility index (Phi) is 8.93. The molecular formula is C27H29FO7S. The number of carbonyl (C=O) groups is 1. The standard InChI is InChI=1S/C27H29FO7S/c1-4-5-23(27(29)30)26(36(31,32)22-14-15-24(33-2)25(16-22)34-3)19-8-12-21(13-9-19)35-17-18-6-10-20(28)11-7-18/h6-16,23,26H,4-5,17H2,1-3H3,(H,29,30). The normalized spacial score (nSPS) is 13.0. The molecule has 3 aromatic carbocycles. The summed E-state index contributed by atoms with van der Waals surface area (Å²) in [7, 11) is -1.31. The second kappa shape index (κ2) is 11.9. The van der Waals surface area contributed by atoms with E-state index in [2.05, 4.69) is 0 Å². The number of benzene rings is 3. The van der Waals surface area contributed by atoms with E-state index in [-0.39, 0.29) is 29.5 Å². The average Bonchev–Trinajstić information content (AvgIpc) is 2.88. The summed E-state index contributed by atoms with van der Waals surface area (Å²) in [6.07, 6.45) is 0.670. The van der Waals surface area contributed by atoms with Crippen LogP contribution in [0.1, 0.15) is 36.1 Å². The molecule has 3 rings (SSSR count). The number of aliphatic carboxylic acids is 1. The van der Waals surface area contributed by atoms with Gasteiger partial charge < -0.3 is 19.3 Å². The zero-order chi connectivity index (χ0) is 26.3. The maximum atomic E-state index is 13.8. The smallest absolute Gasteiger partial charge is 0.308 e. The minimum absolute atomic E-state index is 0.0656. The molecule has 0 heterocycles. The van der Waals surface area contributed by atoms with E-state index < -0.39 is 27.0 Å². The van der Waals surface area contributed by atoms with Crippen LogP contribution in [-0.4, -0.2) is 33.7 Å². The molecule has 7 nitrogen and oxygen atoms in total. The van der Waals surface area contributed by atoms with E-state index >= 15 is 0 Å². The van der Waals surface area contributed by atoms with Crippen molar-refractivity contribution in [3.05, 3.63) is 83.7 Å². The van der Waals surface area contributed by atoms with E-state index in [9.17, 15) is 22.7 Å². The van der Waals surface area contributed by atoms with Gasteiger partial charge in [-0.25, -0.2) is 12.8 Å². The predicted molar refractivity (Wildman–Crippen MR) is 133 cm³/mol. The summed E-state index contributed by atoms with van der Waals surface area (Å²) in [5, 5.41) is 8.62. The third kappa shape index (κ3) is 6.15. The molecule has 0 saturated heterocycles. The van der Waals surface area contributed by atoms with Gasteiger partial charge in [0.1, 0.15) is 23.4 Å². The third-order valence-corrected chi connectivity index (χ3v) is 8.01. The van der Waals surface area contributed by atoms with E-state index in [1.165, 1.54) is 44.6 Å². The molecule has 9 heteroatoms. The van der Waals surface area contributed by atoms with Gasteiger partial charge in [-0.3, -0.25) is 4.79 Å². The SMILES string of the molecule is CCCC(C(=O)O)C(c1ccc(OCc2ccc(F)cc2)cc1)S(=O)(=O)c1ccc(OC)c(OC)c1. The molecule has 36 heavy (non-hydrogen) atoms. The Hall–Kier alpha value is -3.59. The number of hydrogen-bond donors (Lipinski definition) is 1. The van der Waals surface area contributed by atoms with Crippen LogP contribution in [0.15, 0.2) is 71.6 Å². The number of carboxylic acid groups (broad SMARTS) is 1. The van der Waals surface area contributed by atoms with Crippen molar-refractivity contribution in [3.63, 3.8) is 0 Å². The first-order valence-electron chi connectivity index (χ1n) is 11.4. The Morgan fingerprint density at radius 2 is 1.58 bits per heavy atom. The van der Waals surface area contributed by atoms with Gasteiger partial charge in [-0.1, -0.05) is 37.6 Å². The molecule has 1 N–H and O–H groups in total. The van der Waals surface area contributed by atoms with E-state index in [1.54, 1.807) is 36.4 Å². The molecule has 0 aliphatic heterocycles. The second-order valence-corrected chi connectivity index (χ2v) is 10.3. The Labute approximate surface area is 210 Å². The van der Waals surface area contributed by atoms with Crippen LogP contribution in [0.3, 0.4) is 0 Å². The Balaban J connectivity index is 1.97. The van der Waals surface area contributed by atoms with Crippen molar-refractivity contribution >= 4 is 15.8 Å². The molecule has 0 radical (unpaired) electrons. The summed E-state index contributed by atoms with van der Waals surface area (Å²) in [5.74, 6) is -1.65. The van der Waals surface area contributed by atoms with Crippen LogP contribution in [0, 0.1) is 11.7 Å². The first-order valence-corrected chi connectivity index (χ1v) is 12.9. The van der Waals surface area contributed by atoms with Gasteiger partial charge in [-0.15, -0.1) is 0 Å². The molecular weight excluding hydrogens is 487 g/mol. The maximum Gasteiger partial charge on any atom is 0.308 e. The Bertz CT molecular complexity index is 1270. The fourth-order valence-corrected chi connectivity index (χ4v) is 6.01. The van der Waals surface area contributed by atoms with Crippen molar-refractivity contribution < 1.29 is 36.9 Å². The molecule has 0 amide bonds. The summed E-state index contributed by atoms with van der Waals surface area (Å²) >= 11 is 0. The highest BCUT2D eigenvalue weighted by Crippen LogP contribution is 2.40. The first-order chi connectivity index (χ1) is 17.2. The molecule has 3 aromatic rings. The van der Waals surface area contributed by atoms with Gasteiger partial charge in [0.25, 0.3) is 0 Å². The van der Waals surface area contributed by atoms with Crippen molar-refractivity contribution in [1.29, 1.82) is 0 Å². The Morgan fingerprint density at radius 1 is 0.944 bits per heavy atom. The van der Waals surface area contributed by atoms with E-state index in [0.717, 1.165) is 5.56 Å². The van der Waals surface area contributed by atoms with Crippen LogP contribution in [-0.2, 0) is 21.2 Å². The van der Waals surface area contributed by atoms with Gasteiger partial charge in [0.2, 0.25) is 0 Å². The van der Waals surface area contributed by atoms with Crippen LogP contribution in [0.25, 0.3) is 0 Å². The first kappa shape index (κ1) is 27.0. The lowest BCUT2D eigenvalue weighted by molar-refractivity contribution is -0.142. The van der Waals surface area contributed by atoms with Gasteiger partial charge >= 0.3 is 5.97 Å². The molecule has 192 valence electrons. The zero-order valence-electron chi connectivity index (χ0n) is 20.3. The fraction of sp³-hybridized carbons (Fsp3) is 0.296. The number of methoxy groups -OCH3 is 2. The van der Waals surface area contributed by atoms with Crippen LogP contribution in [0.5, 0.6) is 17.2 Å². The van der Waals surface area contributed by atoms with Crippen molar-refractivity contribution in [3.8, 4) is 17.2 Å². The van der Waals surface area contributed by atoms with Gasteiger partial charge in [-0.05, 0) is 53.9 Å². The minimum Gasteiger partial charge on any atom is -0.493 e. The summed E-state index contributed by atoms with van der Waals surface area (Å²) in [6, 6.07) is 16.4. The molecule has 0 fully saturated rings. The molecule has 0 saturated carbocycles. The van der Waals surface area contributed by atoms with Crippen molar-refractivity contribution in [2.75, 3.05) is 14.2 Å². The van der Waals surface area contributed by atoms with Crippen LogP contribution >= 0.6 is 0 Å². The van der Waals surface area contributed by atoms with E-state index in [1.807, 2.05) is 6.92 Å². The molecule has 0 aliphatic carbocycles. The number of ether oxygens (including phenoxy) is 3. The summed E-state index contributed by atoms with van der Waals surface area (Å²) < 4.78 is 56.9. The highest BCUT2D eigenvalue weighted by molar-refractivity contribution is 7.91. The minimum atomic E-state index is -4.14. The maximum absolute atomic E-state index is 13.8. The van der Waals surface area contributed by atoms with Crippen molar-refractivity contribution in [2.45, 2.75) is 36.5 Å². The average molecular weight is 517 g/mol. The highest BCUT2D eigenvalue weighted by Gasteiger charge is 2.40. The number of carboxylic acids is 1. The van der Waals surface area contributed by atoms with E-state index in [4.69, 9.17) is 14.2 Å². The number of hydrogen-bond acceptors (Lipinski definition) is 6. The topological polar surface area (TPSA) is 99.1 Å². The van der Waals surface area contributed by atoms with Crippen LogP contribution < -0.4 is 14.2 Å². The zero-order valence-corrected chi connectivity index (χ0v) is 21.1. The largest absolute Gasteiger partial charge is 0.493 e. The predicted octanol–water partition coefficient (Wildman–Crippen LogP) is 5.44. The number of halogens is 1. The lowest BCUT2D eigenvalue weighted by Gasteiger charge is -2.25. The van der Waals surface area contributed by atoms with Gasteiger partial charge in [0, 0.05) is 6.07 Å². The van der Waals surface area contributed by atoms with Crippen molar-refractivity contribution in [2.24, 2.45) is 5.92 Å². The van der Waals surface area contributed by atoms with Crippen LogP contribution in [0.4, 0.5) is 4.39 Å². The number of sulfone groups is 1. The molecule has 2 atom stereocenters. The highest BCUT2D eigenvalue weighted by atomic mass is 32.2. The van der Waals surface area contributed by atoms with Gasteiger partial charge in [0.15, 0.2) is 21.3 Å². The van der Waals surface area contributed by atoms with Crippen molar-refractivity contribution in [1.82, 2.24) is 0 Å². The lowest BCUT2D eigenvalue weighted by Crippen LogP contribution is -2.28. The molecule has 0 spiro atoms. The van der Waals surface area contributed by atoms with E-state index in [0.29, 0.717) is 23.5 Å². The van der Waals surface area contributed by atoms with Gasteiger partial charge in [-0.2, -0.15) is 0 Å². The lowest BCUT2D eigenvalue weighted by atomic mass is 9.94. The molecule has 0 aromatic heterocycles. The number of rotatable bonds is 12.